The van der Waals surface area contributed by atoms with Gasteiger partial charge in [0.1, 0.15) is 12.0 Å². The molecule has 0 aromatic heterocycles. The van der Waals surface area contributed by atoms with Crippen molar-refractivity contribution >= 4 is 11.7 Å². The monoisotopic (exact) mass is 337 g/mol. The number of amidine groups is 2. The molecule has 1 aliphatic heterocycles. The molecule has 0 spiro atoms. The van der Waals surface area contributed by atoms with Crippen LogP contribution in [0.4, 0.5) is 0 Å². The van der Waals surface area contributed by atoms with E-state index < -0.39 is 0 Å². The summed E-state index contributed by atoms with van der Waals surface area (Å²) in [5.41, 5.74) is 5.11. The first-order valence-electron chi connectivity index (χ1n) is 9.21. The van der Waals surface area contributed by atoms with E-state index in [0.717, 1.165) is 35.7 Å². The normalized spacial score (nSPS) is 23.8. The van der Waals surface area contributed by atoms with Crippen molar-refractivity contribution in [3.8, 4) is 0 Å². The fourth-order valence-corrected chi connectivity index (χ4v) is 2.83. The molecule has 0 amide bonds. The van der Waals surface area contributed by atoms with Gasteiger partial charge in [-0.2, -0.15) is 0 Å². The molecule has 2 rings (SSSR count). The van der Waals surface area contributed by atoms with Crippen LogP contribution in [0, 0.1) is 5.92 Å². The van der Waals surface area contributed by atoms with Crippen molar-refractivity contribution in [3.05, 3.63) is 58.7 Å². The molecule has 1 aliphatic carbocycles. The van der Waals surface area contributed by atoms with Crippen molar-refractivity contribution in [1.82, 2.24) is 5.32 Å². The molecule has 0 fully saturated rings. The van der Waals surface area contributed by atoms with Crippen LogP contribution in [0.3, 0.4) is 0 Å². The number of aliphatic imine (C=N–C) groups is 2. The summed E-state index contributed by atoms with van der Waals surface area (Å²) in [6.07, 6.45) is 15.1. The molecule has 3 nitrogen and oxygen atoms in total. The van der Waals surface area contributed by atoms with Crippen LogP contribution in [-0.2, 0) is 0 Å². The van der Waals surface area contributed by atoms with Gasteiger partial charge in [-0.25, -0.2) is 9.98 Å². The fourth-order valence-electron chi connectivity index (χ4n) is 2.83. The van der Waals surface area contributed by atoms with Crippen LogP contribution in [-0.4, -0.2) is 17.8 Å². The highest BCUT2D eigenvalue weighted by Crippen LogP contribution is 2.26. The molecule has 0 aromatic rings. The van der Waals surface area contributed by atoms with E-state index in [1.165, 1.54) is 11.1 Å². The SMILES string of the molecule is CC/C=C\C=C(/C)C1=NC(C2=CCC(C(C)=C(C)C)C=C2)=NC(C)N1. The minimum atomic E-state index is 0.0348. The molecule has 2 aliphatic rings. The van der Waals surface area contributed by atoms with Gasteiger partial charge in [-0.1, -0.05) is 54.5 Å². The number of rotatable bonds is 5. The zero-order valence-electron chi connectivity index (χ0n) is 16.4. The maximum Gasteiger partial charge on any atom is 0.158 e. The molecule has 2 unspecified atom stereocenters. The lowest BCUT2D eigenvalue weighted by Gasteiger charge is -2.23. The van der Waals surface area contributed by atoms with E-state index in [9.17, 15) is 0 Å². The lowest BCUT2D eigenvalue weighted by Crippen LogP contribution is -2.37. The maximum absolute atomic E-state index is 4.76. The number of nitrogens with one attached hydrogen (secondary N) is 1. The van der Waals surface area contributed by atoms with Crippen LogP contribution in [0.5, 0.6) is 0 Å². The van der Waals surface area contributed by atoms with Crippen molar-refractivity contribution in [3.63, 3.8) is 0 Å². The number of hydrogen-bond acceptors (Lipinski definition) is 3. The van der Waals surface area contributed by atoms with Gasteiger partial charge in [0.15, 0.2) is 5.84 Å². The van der Waals surface area contributed by atoms with E-state index in [0.29, 0.717) is 5.92 Å². The Hall–Kier alpha value is -2.16. The Morgan fingerprint density at radius 3 is 2.64 bits per heavy atom. The largest absolute Gasteiger partial charge is 0.348 e. The topological polar surface area (TPSA) is 36.8 Å². The summed E-state index contributed by atoms with van der Waals surface area (Å²) in [6, 6.07) is 0. The number of nitrogens with zero attached hydrogens (tertiary/aromatic N) is 2. The Kier molecular flexibility index (Phi) is 6.74. The predicted octanol–water partition coefficient (Wildman–Crippen LogP) is 5.50. The second kappa shape index (κ2) is 8.80. The van der Waals surface area contributed by atoms with Crippen molar-refractivity contribution in [2.24, 2.45) is 15.9 Å². The van der Waals surface area contributed by atoms with Crippen LogP contribution in [0.2, 0.25) is 0 Å². The van der Waals surface area contributed by atoms with Gasteiger partial charge in [-0.05, 0) is 53.0 Å². The first-order valence-corrected chi connectivity index (χ1v) is 9.21. The molecule has 25 heavy (non-hydrogen) atoms. The van der Waals surface area contributed by atoms with Crippen LogP contribution < -0.4 is 5.32 Å². The van der Waals surface area contributed by atoms with E-state index >= 15 is 0 Å². The molecular weight excluding hydrogens is 306 g/mol. The van der Waals surface area contributed by atoms with Gasteiger partial charge in [0.05, 0.1) is 0 Å². The average Bonchev–Trinajstić information content (AvgIpc) is 2.60. The lowest BCUT2D eigenvalue weighted by molar-refractivity contribution is 0.689. The van der Waals surface area contributed by atoms with Gasteiger partial charge in [0, 0.05) is 11.5 Å². The summed E-state index contributed by atoms with van der Waals surface area (Å²) in [7, 11) is 0. The summed E-state index contributed by atoms with van der Waals surface area (Å²) in [4.78, 5) is 9.44. The third kappa shape index (κ3) is 5.15. The smallest absolute Gasteiger partial charge is 0.158 e. The first-order chi connectivity index (χ1) is 11.9. The van der Waals surface area contributed by atoms with Crippen molar-refractivity contribution in [1.29, 1.82) is 0 Å². The highest BCUT2D eigenvalue weighted by molar-refractivity contribution is 6.13. The molecule has 0 saturated heterocycles. The molecule has 2 atom stereocenters. The first kappa shape index (κ1) is 19.2. The van der Waals surface area contributed by atoms with Crippen LogP contribution in [0.1, 0.15) is 54.4 Å². The molecule has 0 saturated carbocycles. The number of hydrogen-bond donors (Lipinski definition) is 1. The van der Waals surface area contributed by atoms with Gasteiger partial charge >= 0.3 is 0 Å². The third-order valence-corrected chi connectivity index (χ3v) is 4.67. The summed E-state index contributed by atoms with van der Waals surface area (Å²) in [6.45, 7) is 12.9. The Morgan fingerprint density at radius 2 is 2.04 bits per heavy atom. The fraction of sp³-hybridized carbons (Fsp3) is 0.455. The van der Waals surface area contributed by atoms with E-state index in [4.69, 9.17) is 4.99 Å². The minimum absolute atomic E-state index is 0.0348. The van der Waals surface area contributed by atoms with E-state index in [1.807, 2.05) is 0 Å². The van der Waals surface area contributed by atoms with E-state index in [1.54, 1.807) is 0 Å². The predicted molar refractivity (Wildman–Crippen MR) is 110 cm³/mol. The minimum Gasteiger partial charge on any atom is -0.348 e. The van der Waals surface area contributed by atoms with E-state index in [2.05, 4.69) is 88.3 Å². The van der Waals surface area contributed by atoms with Crippen LogP contribution >= 0.6 is 0 Å². The van der Waals surface area contributed by atoms with Crippen molar-refractivity contribution in [2.75, 3.05) is 0 Å². The standard InChI is InChI=1S/C22H31N3/c1-7-8-9-10-16(4)21-23-18(6)24-22(25-21)20-13-11-19(12-14-20)17(5)15(2)3/h8-11,13-14,18-19H,7,12H2,1-6H3,(H,23,24,25)/b9-8-,16-10+. The summed E-state index contributed by atoms with van der Waals surface area (Å²) in [5, 5.41) is 3.36. The second-order valence-electron chi connectivity index (χ2n) is 6.96. The quantitative estimate of drug-likeness (QED) is 0.521. The average molecular weight is 338 g/mol. The van der Waals surface area contributed by atoms with Gasteiger partial charge in [-0.3, -0.25) is 0 Å². The van der Waals surface area contributed by atoms with Gasteiger partial charge < -0.3 is 5.32 Å². The summed E-state index contributed by atoms with van der Waals surface area (Å²) >= 11 is 0. The second-order valence-corrected chi connectivity index (χ2v) is 6.96. The molecule has 134 valence electrons. The maximum atomic E-state index is 4.76. The van der Waals surface area contributed by atoms with Gasteiger partial charge in [0.2, 0.25) is 0 Å². The van der Waals surface area contributed by atoms with Crippen LogP contribution in [0.15, 0.2) is 68.7 Å². The molecule has 0 bridgehead atoms. The molecular formula is C22H31N3. The molecule has 3 heteroatoms. The van der Waals surface area contributed by atoms with Crippen LogP contribution in [0.25, 0.3) is 0 Å². The lowest BCUT2D eigenvalue weighted by atomic mass is 9.88. The highest BCUT2D eigenvalue weighted by atomic mass is 15.2. The number of allylic oxidation sites excluding steroid dienone is 7. The summed E-state index contributed by atoms with van der Waals surface area (Å²) < 4.78 is 0. The Balaban J connectivity index is 2.19. The zero-order chi connectivity index (χ0) is 18.4. The van der Waals surface area contributed by atoms with Crippen molar-refractivity contribution < 1.29 is 0 Å². The molecule has 0 radical (unpaired) electrons. The summed E-state index contributed by atoms with van der Waals surface area (Å²) in [5.74, 6) is 2.24. The Labute approximate surface area is 152 Å². The van der Waals surface area contributed by atoms with Gasteiger partial charge in [-0.15, -0.1) is 0 Å². The highest BCUT2D eigenvalue weighted by Gasteiger charge is 2.19. The molecule has 1 N–H and O–H groups in total. The Morgan fingerprint density at radius 1 is 1.28 bits per heavy atom. The molecule has 0 aromatic carbocycles. The van der Waals surface area contributed by atoms with Gasteiger partial charge in [0.25, 0.3) is 0 Å². The van der Waals surface area contributed by atoms with E-state index in [-0.39, 0.29) is 6.17 Å². The molecule has 1 heterocycles. The third-order valence-electron chi connectivity index (χ3n) is 4.67. The zero-order valence-corrected chi connectivity index (χ0v) is 16.4. The van der Waals surface area contributed by atoms with Crippen molar-refractivity contribution in [2.45, 2.75) is 60.5 Å². The Bertz CT molecular complexity index is 708.